The van der Waals surface area contributed by atoms with Gasteiger partial charge >= 0.3 is 12.0 Å². The molecule has 1 atom stereocenters. The standard InChI is InChI=1S/C9H13ClN4O3/c1-4-17-6(15)5(2)11-8-12-7(10)13-9(14-8)16-3/h5H,4H2,1-3H3,(H,11,12,13,14). The summed E-state index contributed by atoms with van der Waals surface area (Å²) in [4.78, 5) is 22.8. The van der Waals surface area contributed by atoms with Crippen molar-refractivity contribution in [3.8, 4) is 6.01 Å². The van der Waals surface area contributed by atoms with Crippen LogP contribution in [0.1, 0.15) is 13.8 Å². The van der Waals surface area contributed by atoms with Gasteiger partial charge in [0.2, 0.25) is 11.2 Å². The maximum absolute atomic E-state index is 11.4. The fourth-order valence-electron chi connectivity index (χ4n) is 1.01. The number of nitrogens with one attached hydrogen (secondary N) is 1. The molecule has 0 aliphatic heterocycles. The highest BCUT2D eigenvalue weighted by Crippen LogP contribution is 2.11. The van der Waals surface area contributed by atoms with E-state index in [2.05, 4.69) is 20.3 Å². The van der Waals surface area contributed by atoms with Crippen LogP contribution in [0.25, 0.3) is 0 Å². The van der Waals surface area contributed by atoms with Gasteiger partial charge < -0.3 is 14.8 Å². The number of methoxy groups -OCH3 is 1. The van der Waals surface area contributed by atoms with Gasteiger partial charge in [0.15, 0.2) is 0 Å². The van der Waals surface area contributed by atoms with Gasteiger partial charge in [-0.3, -0.25) is 0 Å². The van der Waals surface area contributed by atoms with Crippen molar-refractivity contribution in [2.75, 3.05) is 19.0 Å². The van der Waals surface area contributed by atoms with Crippen LogP contribution in [0.4, 0.5) is 5.95 Å². The van der Waals surface area contributed by atoms with Crippen LogP contribution in [-0.4, -0.2) is 40.7 Å². The first-order valence-electron chi connectivity index (χ1n) is 4.95. The molecule has 0 amide bonds. The Kier molecular flexibility index (Phi) is 4.89. The largest absolute Gasteiger partial charge is 0.467 e. The van der Waals surface area contributed by atoms with Crippen LogP contribution < -0.4 is 10.1 Å². The monoisotopic (exact) mass is 260 g/mol. The quantitative estimate of drug-likeness (QED) is 0.787. The van der Waals surface area contributed by atoms with Crippen LogP contribution in [0.15, 0.2) is 0 Å². The molecule has 1 aromatic heterocycles. The number of hydrogen-bond donors (Lipinski definition) is 1. The molecule has 7 nitrogen and oxygen atoms in total. The Labute approximate surface area is 104 Å². The first kappa shape index (κ1) is 13.4. The van der Waals surface area contributed by atoms with Crippen molar-refractivity contribution in [1.29, 1.82) is 0 Å². The number of carbonyl (C=O) groups is 1. The third-order valence-corrected chi connectivity index (χ3v) is 1.92. The van der Waals surface area contributed by atoms with Crippen LogP contribution in [-0.2, 0) is 9.53 Å². The fraction of sp³-hybridized carbons (Fsp3) is 0.556. The van der Waals surface area contributed by atoms with Gasteiger partial charge in [-0.1, -0.05) is 0 Å². The Hall–Kier alpha value is -1.63. The molecule has 0 saturated carbocycles. The maximum atomic E-state index is 11.4. The molecule has 94 valence electrons. The first-order chi connectivity index (χ1) is 8.06. The minimum atomic E-state index is -0.585. The normalized spacial score (nSPS) is 11.8. The van der Waals surface area contributed by atoms with Crippen LogP contribution in [0.5, 0.6) is 6.01 Å². The molecule has 0 aromatic carbocycles. The Morgan fingerprint density at radius 3 is 2.76 bits per heavy atom. The van der Waals surface area contributed by atoms with Gasteiger partial charge in [0, 0.05) is 0 Å². The zero-order chi connectivity index (χ0) is 12.8. The second kappa shape index (κ2) is 6.19. The van der Waals surface area contributed by atoms with E-state index in [1.165, 1.54) is 7.11 Å². The van der Waals surface area contributed by atoms with Crippen LogP contribution in [0, 0.1) is 0 Å². The predicted octanol–water partition coefficient (Wildman–Crippen LogP) is 0.897. The molecule has 17 heavy (non-hydrogen) atoms. The van der Waals surface area contributed by atoms with E-state index >= 15 is 0 Å². The Morgan fingerprint density at radius 1 is 1.47 bits per heavy atom. The first-order valence-corrected chi connectivity index (χ1v) is 5.33. The van der Waals surface area contributed by atoms with Crippen molar-refractivity contribution in [3.63, 3.8) is 0 Å². The number of ether oxygens (including phenoxy) is 2. The second-order valence-corrected chi connectivity index (χ2v) is 3.37. The van der Waals surface area contributed by atoms with Gasteiger partial charge in [0.05, 0.1) is 13.7 Å². The summed E-state index contributed by atoms with van der Waals surface area (Å²) in [5.41, 5.74) is 0. The van der Waals surface area contributed by atoms with Crippen LogP contribution >= 0.6 is 11.6 Å². The number of esters is 1. The Balaban J connectivity index is 2.73. The summed E-state index contributed by atoms with van der Waals surface area (Å²) in [7, 11) is 1.41. The van der Waals surface area contributed by atoms with Gasteiger partial charge in [-0.15, -0.1) is 0 Å². The summed E-state index contributed by atoms with van der Waals surface area (Å²) in [6, 6.07) is -0.512. The smallest absolute Gasteiger partial charge is 0.328 e. The number of carbonyl (C=O) groups excluding carboxylic acids is 1. The molecule has 0 saturated heterocycles. The SMILES string of the molecule is CCOC(=O)C(C)Nc1nc(Cl)nc(OC)n1. The average Bonchev–Trinajstić information content (AvgIpc) is 2.28. The van der Waals surface area contributed by atoms with Crippen molar-refractivity contribution in [2.24, 2.45) is 0 Å². The number of rotatable bonds is 5. The molecule has 8 heteroatoms. The third kappa shape index (κ3) is 4.03. The van der Waals surface area contributed by atoms with Gasteiger partial charge in [-0.2, -0.15) is 15.0 Å². The van der Waals surface area contributed by atoms with Gasteiger partial charge in [0.1, 0.15) is 6.04 Å². The van der Waals surface area contributed by atoms with Crippen molar-refractivity contribution in [2.45, 2.75) is 19.9 Å². The summed E-state index contributed by atoms with van der Waals surface area (Å²) in [5, 5.41) is 2.72. The lowest BCUT2D eigenvalue weighted by atomic mass is 10.3. The summed E-state index contributed by atoms with van der Waals surface area (Å²) >= 11 is 5.65. The molecule has 1 aromatic rings. The molecular formula is C9H13ClN4O3. The highest BCUT2D eigenvalue weighted by Gasteiger charge is 2.15. The molecule has 0 spiro atoms. The zero-order valence-electron chi connectivity index (χ0n) is 9.73. The molecule has 1 N–H and O–H groups in total. The lowest BCUT2D eigenvalue weighted by Crippen LogP contribution is -2.29. The highest BCUT2D eigenvalue weighted by atomic mass is 35.5. The van der Waals surface area contributed by atoms with E-state index in [-0.39, 0.29) is 17.2 Å². The van der Waals surface area contributed by atoms with Crippen molar-refractivity contribution in [1.82, 2.24) is 15.0 Å². The topological polar surface area (TPSA) is 86.2 Å². The number of aromatic nitrogens is 3. The second-order valence-electron chi connectivity index (χ2n) is 3.03. The van der Waals surface area contributed by atoms with Crippen LogP contribution in [0.3, 0.4) is 0 Å². The van der Waals surface area contributed by atoms with E-state index in [1.807, 2.05) is 0 Å². The lowest BCUT2D eigenvalue weighted by molar-refractivity contribution is -0.143. The molecule has 0 fully saturated rings. The van der Waals surface area contributed by atoms with Crippen molar-refractivity contribution in [3.05, 3.63) is 5.28 Å². The minimum absolute atomic E-state index is 0.0181. The highest BCUT2D eigenvalue weighted by molar-refractivity contribution is 6.28. The number of hydrogen-bond acceptors (Lipinski definition) is 7. The van der Waals surface area contributed by atoms with E-state index in [9.17, 15) is 4.79 Å². The number of anilines is 1. The Morgan fingerprint density at radius 2 is 2.18 bits per heavy atom. The third-order valence-electron chi connectivity index (χ3n) is 1.76. The molecule has 0 radical (unpaired) electrons. The molecule has 1 unspecified atom stereocenters. The zero-order valence-corrected chi connectivity index (χ0v) is 10.5. The van der Waals surface area contributed by atoms with E-state index in [0.29, 0.717) is 6.61 Å². The molecular weight excluding hydrogens is 248 g/mol. The lowest BCUT2D eigenvalue weighted by Gasteiger charge is -2.12. The van der Waals surface area contributed by atoms with E-state index < -0.39 is 12.0 Å². The molecule has 1 rings (SSSR count). The van der Waals surface area contributed by atoms with Gasteiger partial charge in [0.25, 0.3) is 0 Å². The van der Waals surface area contributed by atoms with Crippen molar-refractivity contribution < 1.29 is 14.3 Å². The Bertz CT molecular complexity index is 402. The van der Waals surface area contributed by atoms with E-state index in [0.717, 1.165) is 0 Å². The summed E-state index contributed by atoms with van der Waals surface area (Å²) in [6.45, 7) is 3.67. The van der Waals surface area contributed by atoms with E-state index in [1.54, 1.807) is 13.8 Å². The van der Waals surface area contributed by atoms with E-state index in [4.69, 9.17) is 21.1 Å². The van der Waals surface area contributed by atoms with Gasteiger partial charge in [-0.05, 0) is 25.4 Å². The molecule has 0 aliphatic carbocycles. The minimum Gasteiger partial charge on any atom is -0.467 e. The number of halogens is 1. The predicted molar refractivity (Wildman–Crippen MR) is 61.1 cm³/mol. The fourth-order valence-corrected chi connectivity index (χ4v) is 1.16. The molecule has 0 bridgehead atoms. The number of nitrogens with zero attached hydrogens (tertiary/aromatic N) is 3. The molecule has 0 aliphatic rings. The summed E-state index contributed by atoms with van der Waals surface area (Å²) < 4.78 is 9.65. The summed E-state index contributed by atoms with van der Waals surface area (Å²) in [6.07, 6.45) is 0. The molecule has 1 heterocycles. The summed E-state index contributed by atoms with van der Waals surface area (Å²) in [5.74, 6) is -0.245. The van der Waals surface area contributed by atoms with Crippen molar-refractivity contribution >= 4 is 23.5 Å². The van der Waals surface area contributed by atoms with Gasteiger partial charge in [-0.25, -0.2) is 4.79 Å². The van der Waals surface area contributed by atoms with Crippen LogP contribution in [0.2, 0.25) is 5.28 Å². The maximum Gasteiger partial charge on any atom is 0.328 e. The average molecular weight is 261 g/mol.